The zero-order valence-electron chi connectivity index (χ0n) is 17.8. The van der Waals surface area contributed by atoms with Gasteiger partial charge in [0, 0.05) is 35.7 Å². The largest absolute Gasteiger partial charge is 0.380 e. The number of anilines is 3. The monoisotopic (exact) mass is 481 g/mol. The van der Waals surface area contributed by atoms with E-state index in [4.69, 9.17) is 5.73 Å². The summed E-state index contributed by atoms with van der Waals surface area (Å²) in [6, 6.07) is 17.2. The van der Waals surface area contributed by atoms with Gasteiger partial charge in [0.25, 0.3) is 5.91 Å². The van der Waals surface area contributed by atoms with E-state index in [-0.39, 0.29) is 6.54 Å². The first-order chi connectivity index (χ1) is 15.8. The number of benzene rings is 2. The maximum absolute atomic E-state index is 11.9. The lowest BCUT2D eigenvalue weighted by molar-refractivity contribution is 0.100. The summed E-state index contributed by atoms with van der Waals surface area (Å²) in [6.45, 7) is 0.749. The second kappa shape index (κ2) is 9.57. The molecule has 0 saturated heterocycles. The predicted octanol–water partition coefficient (Wildman–Crippen LogP) is 3.80. The summed E-state index contributed by atoms with van der Waals surface area (Å²) in [5, 5.41) is 9.75. The molecular formula is C23H23N5O3S2. The van der Waals surface area contributed by atoms with Gasteiger partial charge in [-0.15, -0.1) is 11.3 Å². The van der Waals surface area contributed by atoms with Crippen molar-refractivity contribution in [1.82, 2.24) is 9.71 Å². The van der Waals surface area contributed by atoms with Crippen LogP contribution in [0.4, 0.5) is 17.2 Å². The molecule has 1 amide bonds. The van der Waals surface area contributed by atoms with Crippen molar-refractivity contribution < 1.29 is 13.2 Å². The zero-order valence-corrected chi connectivity index (χ0v) is 19.5. The number of hydrogen-bond donors (Lipinski definition) is 4. The van der Waals surface area contributed by atoms with Crippen molar-refractivity contribution in [3.63, 3.8) is 0 Å². The molecule has 170 valence electrons. The Morgan fingerprint density at radius 3 is 2.61 bits per heavy atom. The van der Waals surface area contributed by atoms with Crippen molar-refractivity contribution in [3.8, 4) is 0 Å². The maximum atomic E-state index is 11.9. The minimum absolute atomic E-state index is 0.218. The number of carbonyl (C=O) groups is 1. The van der Waals surface area contributed by atoms with Gasteiger partial charge in [-0.25, -0.2) is 18.1 Å². The van der Waals surface area contributed by atoms with Crippen LogP contribution in [0, 0.1) is 0 Å². The molecule has 33 heavy (non-hydrogen) atoms. The molecule has 4 rings (SSSR count). The number of hydrogen-bond acceptors (Lipinski definition) is 7. The van der Waals surface area contributed by atoms with Crippen molar-refractivity contribution >= 4 is 54.5 Å². The molecule has 2 aromatic carbocycles. The van der Waals surface area contributed by atoms with E-state index >= 15 is 0 Å². The molecule has 0 bridgehead atoms. The number of amides is 1. The predicted molar refractivity (Wildman–Crippen MR) is 133 cm³/mol. The van der Waals surface area contributed by atoms with Gasteiger partial charge in [-0.05, 0) is 40.1 Å². The molecule has 10 heteroatoms. The van der Waals surface area contributed by atoms with Crippen molar-refractivity contribution in [2.24, 2.45) is 5.73 Å². The zero-order chi connectivity index (χ0) is 23.4. The number of fused-ring (bicyclic) bond motifs is 1. The van der Waals surface area contributed by atoms with Crippen LogP contribution < -0.4 is 21.1 Å². The van der Waals surface area contributed by atoms with Crippen LogP contribution in [0.2, 0.25) is 0 Å². The molecule has 0 aliphatic rings. The maximum Gasteiger partial charge on any atom is 0.252 e. The number of carbonyl (C=O) groups excluding carboxylic acids is 1. The number of nitrogens with zero attached hydrogens (tertiary/aromatic N) is 1. The van der Waals surface area contributed by atoms with Crippen LogP contribution in [-0.2, 0) is 23.1 Å². The minimum atomic E-state index is -3.25. The average Bonchev–Trinajstić information content (AvgIpc) is 3.26. The highest BCUT2D eigenvalue weighted by molar-refractivity contribution is 7.88. The number of primary amides is 1. The molecule has 0 spiro atoms. The van der Waals surface area contributed by atoms with E-state index in [2.05, 4.69) is 43.9 Å². The average molecular weight is 482 g/mol. The summed E-state index contributed by atoms with van der Waals surface area (Å²) in [6.07, 6.45) is 2.57. The summed E-state index contributed by atoms with van der Waals surface area (Å²) in [5.41, 5.74) is 9.17. The van der Waals surface area contributed by atoms with Crippen molar-refractivity contribution in [2.45, 2.75) is 13.1 Å². The van der Waals surface area contributed by atoms with E-state index < -0.39 is 15.9 Å². The molecule has 2 heterocycles. The SMILES string of the molecule is CS(=O)(=O)NCc1ccc(Nc2cc(NCc3cccc4ccsc34)c(C(N)=O)cn2)cc1. The molecular weight excluding hydrogens is 458 g/mol. The van der Waals surface area contributed by atoms with E-state index in [0.29, 0.717) is 23.6 Å². The summed E-state index contributed by atoms with van der Waals surface area (Å²) in [7, 11) is -3.25. The normalized spacial score (nSPS) is 11.4. The van der Waals surface area contributed by atoms with Gasteiger partial charge in [-0.3, -0.25) is 4.79 Å². The summed E-state index contributed by atoms with van der Waals surface area (Å²) in [4.78, 5) is 16.2. The lowest BCUT2D eigenvalue weighted by Crippen LogP contribution is -2.21. The van der Waals surface area contributed by atoms with Gasteiger partial charge in [0.15, 0.2) is 0 Å². The van der Waals surface area contributed by atoms with Crippen LogP contribution in [0.5, 0.6) is 0 Å². The molecule has 8 nitrogen and oxygen atoms in total. The molecule has 0 aliphatic heterocycles. The number of rotatable bonds is 9. The van der Waals surface area contributed by atoms with Gasteiger partial charge in [-0.1, -0.05) is 30.3 Å². The summed E-state index contributed by atoms with van der Waals surface area (Å²) < 4.78 is 26.1. The van der Waals surface area contributed by atoms with Crippen LogP contribution in [0.25, 0.3) is 10.1 Å². The second-order valence-corrected chi connectivity index (χ2v) is 10.3. The molecule has 0 fully saturated rings. The summed E-state index contributed by atoms with van der Waals surface area (Å²) >= 11 is 1.68. The van der Waals surface area contributed by atoms with Crippen LogP contribution in [0.1, 0.15) is 21.5 Å². The quantitative estimate of drug-likeness (QED) is 0.288. The molecule has 0 atom stereocenters. The van der Waals surface area contributed by atoms with Crippen molar-refractivity contribution in [1.29, 1.82) is 0 Å². The number of nitrogens with one attached hydrogen (secondary N) is 3. The standard InChI is InChI=1S/C23H23N5O3S2/c1-33(30,31)27-12-15-5-7-18(8-6-15)28-21-11-20(19(14-26-21)23(24)29)25-13-17-4-2-3-16-9-10-32-22(16)17/h2-11,14,27H,12-13H2,1H3,(H2,24,29)(H2,25,26,28). The topological polar surface area (TPSA) is 126 Å². The first-order valence-corrected chi connectivity index (χ1v) is 12.8. The Bertz CT molecular complexity index is 1400. The highest BCUT2D eigenvalue weighted by atomic mass is 32.2. The fourth-order valence-electron chi connectivity index (χ4n) is 3.32. The highest BCUT2D eigenvalue weighted by Crippen LogP contribution is 2.27. The number of nitrogens with two attached hydrogens (primary N) is 1. The molecule has 5 N–H and O–H groups in total. The fourth-order valence-corrected chi connectivity index (χ4v) is 4.66. The molecule has 0 saturated carbocycles. The molecule has 0 radical (unpaired) electrons. The van der Waals surface area contributed by atoms with Gasteiger partial charge in [-0.2, -0.15) is 0 Å². The van der Waals surface area contributed by atoms with E-state index in [1.165, 1.54) is 16.3 Å². The molecule has 4 aromatic rings. The Hall–Kier alpha value is -3.47. The number of pyridine rings is 1. The van der Waals surface area contributed by atoms with Gasteiger partial charge in [0.1, 0.15) is 5.82 Å². The fraction of sp³-hybridized carbons (Fsp3) is 0.130. The Morgan fingerprint density at radius 2 is 1.88 bits per heavy atom. The van der Waals surface area contributed by atoms with Crippen LogP contribution >= 0.6 is 11.3 Å². The summed E-state index contributed by atoms with van der Waals surface area (Å²) in [5.74, 6) is -0.0209. The van der Waals surface area contributed by atoms with Gasteiger partial charge < -0.3 is 16.4 Å². The first kappa shape index (κ1) is 22.7. The van der Waals surface area contributed by atoms with Crippen molar-refractivity contribution in [3.05, 3.63) is 82.9 Å². The highest BCUT2D eigenvalue weighted by Gasteiger charge is 2.12. The van der Waals surface area contributed by atoms with Gasteiger partial charge in [0.2, 0.25) is 10.0 Å². The Kier molecular flexibility index (Phi) is 6.59. The smallest absolute Gasteiger partial charge is 0.252 e. The van der Waals surface area contributed by atoms with Crippen LogP contribution in [0.3, 0.4) is 0 Å². The van der Waals surface area contributed by atoms with E-state index in [1.807, 2.05) is 30.3 Å². The van der Waals surface area contributed by atoms with Gasteiger partial charge >= 0.3 is 0 Å². The Morgan fingerprint density at radius 1 is 1.09 bits per heavy atom. The molecule has 0 unspecified atom stereocenters. The number of sulfonamides is 1. The van der Waals surface area contributed by atoms with Crippen LogP contribution in [-0.4, -0.2) is 25.6 Å². The lowest BCUT2D eigenvalue weighted by atomic mass is 10.1. The number of aromatic nitrogens is 1. The third kappa shape index (κ3) is 5.86. The third-order valence-electron chi connectivity index (χ3n) is 4.96. The first-order valence-electron chi connectivity index (χ1n) is 10.1. The number of thiophene rings is 1. The minimum Gasteiger partial charge on any atom is -0.380 e. The third-order valence-corrected chi connectivity index (χ3v) is 6.64. The lowest BCUT2D eigenvalue weighted by Gasteiger charge is -2.13. The Balaban J connectivity index is 1.50. The molecule has 0 aliphatic carbocycles. The second-order valence-electron chi connectivity index (χ2n) is 7.50. The van der Waals surface area contributed by atoms with E-state index in [1.54, 1.807) is 17.4 Å². The van der Waals surface area contributed by atoms with Crippen molar-refractivity contribution in [2.75, 3.05) is 16.9 Å². The Labute approximate surface area is 195 Å². The van der Waals surface area contributed by atoms with Gasteiger partial charge in [0.05, 0.1) is 17.5 Å². The van der Waals surface area contributed by atoms with Crippen LogP contribution in [0.15, 0.2) is 66.2 Å². The molecule has 2 aromatic heterocycles. The van der Waals surface area contributed by atoms with E-state index in [9.17, 15) is 13.2 Å². The van der Waals surface area contributed by atoms with E-state index in [0.717, 1.165) is 23.1 Å².